The predicted octanol–water partition coefficient (Wildman–Crippen LogP) is 4.40. The summed E-state index contributed by atoms with van der Waals surface area (Å²) in [7, 11) is 0. The van der Waals surface area contributed by atoms with Crippen LogP contribution in [0.15, 0.2) is 42.7 Å². The van der Waals surface area contributed by atoms with Crippen molar-refractivity contribution in [2.24, 2.45) is 0 Å². The summed E-state index contributed by atoms with van der Waals surface area (Å²) in [4.78, 5) is 4.20. The second-order valence-electron chi connectivity index (χ2n) is 5.28. The van der Waals surface area contributed by atoms with Gasteiger partial charge in [0.1, 0.15) is 0 Å². The van der Waals surface area contributed by atoms with Gasteiger partial charge >= 0.3 is 0 Å². The van der Waals surface area contributed by atoms with E-state index >= 15 is 0 Å². The van der Waals surface area contributed by atoms with Gasteiger partial charge in [-0.3, -0.25) is 4.98 Å². The molecule has 2 aromatic rings. The number of halogens is 1. The molecule has 0 aliphatic heterocycles. The molecule has 1 aliphatic rings. The molecule has 0 radical (unpaired) electrons. The van der Waals surface area contributed by atoms with Crippen LogP contribution < -0.4 is 5.32 Å². The number of aromatic nitrogens is 1. The normalized spacial score (nSPS) is 21.8. The van der Waals surface area contributed by atoms with Gasteiger partial charge in [0.15, 0.2) is 0 Å². The third-order valence-electron chi connectivity index (χ3n) is 3.73. The molecular weight excluding hydrogens is 256 g/mol. The molecule has 1 N–H and O–H groups in total. The number of pyridine rings is 1. The summed E-state index contributed by atoms with van der Waals surface area (Å²) in [6.07, 6.45) is 6.03. The van der Waals surface area contributed by atoms with Crippen LogP contribution >= 0.6 is 11.6 Å². The Balaban J connectivity index is 1.60. The van der Waals surface area contributed by atoms with Crippen molar-refractivity contribution < 1.29 is 0 Å². The van der Waals surface area contributed by atoms with Crippen LogP contribution in [0.5, 0.6) is 0 Å². The van der Waals surface area contributed by atoms with Crippen molar-refractivity contribution in [3.8, 4) is 0 Å². The number of rotatable bonds is 3. The zero-order chi connectivity index (χ0) is 13.2. The fourth-order valence-corrected chi connectivity index (χ4v) is 2.96. The van der Waals surface area contributed by atoms with Gasteiger partial charge in [0.25, 0.3) is 0 Å². The van der Waals surface area contributed by atoms with Crippen molar-refractivity contribution in [3.05, 3.63) is 58.9 Å². The summed E-state index contributed by atoms with van der Waals surface area (Å²) in [5.74, 6) is 0.587. The Bertz CT molecular complexity index is 576. The van der Waals surface area contributed by atoms with Crippen LogP contribution in [0.2, 0.25) is 5.02 Å². The van der Waals surface area contributed by atoms with Crippen LogP contribution in [0.25, 0.3) is 0 Å². The van der Waals surface area contributed by atoms with E-state index < -0.39 is 0 Å². The van der Waals surface area contributed by atoms with Gasteiger partial charge in [0, 0.05) is 23.5 Å². The van der Waals surface area contributed by atoms with E-state index in [4.69, 9.17) is 11.6 Å². The predicted molar refractivity (Wildman–Crippen MR) is 79.8 cm³/mol. The lowest BCUT2D eigenvalue weighted by Crippen LogP contribution is -2.34. The number of hydrogen-bond acceptors (Lipinski definition) is 2. The van der Waals surface area contributed by atoms with Gasteiger partial charge in [-0.25, -0.2) is 0 Å². The van der Waals surface area contributed by atoms with Crippen LogP contribution in [0.4, 0.5) is 5.69 Å². The number of nitrogens with zero attached hydrogens (tertiary/aromatic N) is 1. The minimum atomic E-state index is 0.532. The van der Waals surface area contributed by atoms with Gasteiger partial charge in [-0.15, -0.1) is 0 Å². The SMILES string of the molecule is Cc1cncc(NC2CC(c3ccccc3Cl)C2)c1. The van der Waals surface area contributed by atoms with Crippen LogP contribution in [0.1, 0.15) is 29.9 Å². The molecule has 1 heterocycles. The van der Waals surface area contributed by atoms with Gasteiger partial charge in [-0.1, -0.05) is 29.8 Å². The zero-order valence-corrected chi connectivity index (χ0v) is 11.7. The van der Waals surface area contributed by atoms with Crippen molar-refractivity contribution in [2.75, 3.05) is 5.32 Å². The quantitative estimate of drug-likeness (QED) is 0.896. The zero-order valence-electron chi connectivity index (χ0n) is 10.9. The molecule has 1 aromatic carbocycles. The molecule has 98 valence electrons. The Morgan fingerprint density at radius 3 is 2.74 bits per heavy atom. The van der Waals surface area contributed by atoms with E-state index in [1.165, 1.54) is 11.1 Å². The average Bonchev–Trinajstić information content (AvgIpc) is 2.35. The number of anilines is 1. The summed E-state index contributed by atoms with van der Waals surface area (Å²) >= 11 is 6.23. The first-order valence-corrected chi connectivity index (χ1v) is 7.03. The summed E-state index contributed by atoms with van der Waals surface area (Å²) in [5.41, 5.74) is 3.58. The number of hydrogen-bond donors (Lipinski definition) is 1. The van der Waals surface area contributed by atoms with E-state index in [-0.39, 0.29) is 0 Å². The Morgan fingerprint density at radius 1 is 1.21 bits per heavy atom. The fourth-order valence-electron chi connectivity index (χ4n) is 2.67. The van der Waals surface area contributed by atoms with Crippen molar-refractivity contribution in [1.82, 2.24) is 4.98 Å². The Kier molecular flexibility index (Phi) is 3.43. The van der Waals surface area contributed by atoms with Crippen molar-refractivity contribution in [1.29, 1.82) is 0 Å². The van der Waals surface area contributed by atoms with Crippen LogP contribution in [-0.2, 0) is 0 Å². The first-order valence-electron chi connectivity index (χ1n) is 6.65. The number of nitrogens with one attached hydrogen (secondary N) is 1. The molecule has 1 fully saturated rings. The Labute approximate surface area is 118 Å². The highest BCUT2D eigenvalue weighted by molar-refractivity contribution is 6.31. The molecule has 0 saturated heterocycles. The van der Waals surface area contributed by atoms with E-state index in [0.29, 0.717) is 12.0 Å². The molecule has 1 aromatic heterocycles. The molecule has 0 bridgehead atoms. The smallest absolute Gasteiger partial charge is 0.0531 e. The molecule has 1 aliphatic carbocycles. The van der Waals surface area contributed by atoms with Gasteiger partial charge in [-0.05, 0) is 48.9 Å². The molecule has 0 unspecified atom stereocenters. The maximum atomic E-state index is 6.23. The fraction of sp³-hybridized carbons (Fsp3) is 0.312. The molecule has 2 nitrogen and oxygen atoms in total. The molecule has 19 heavy (non-hydrogen) atoms. The highest BCUT2D eigenvalue weighted by atomic mass is 35.5. The molecule has 3 rings (SSSR count). The number of aryl methyl sites for hydroxylation is 1. The second kappa shape index (κ2) is 5.22. The third-order valence-corrected chi connectivity index (χ3v) is 4.07. The molecule has 1 saturated carbocycles. The molecule has 0 amide bonds. The van der Waals surface area contributed by atoms with Gasteiger partial charge in [-0.2, -0.15) is 0 Å². The lowest BCUT2D eigenvalue weighted by Gasteiger charge is -2.37. The lowest BCUT2D eigenvalue weighted by molar-refractivity contribution is 0.374. The summed E-state index contributed by atoms with van der Waals surface area (Å²) in [6, 6.07) is 10.8. The average molecular weight is 273 g/mol. The third kappa shape index (κ3) is 2.74. The largest absolute Gasteiger partial charge is 0.381 e. The van der Waals surface area contributed by atoms with Crippen molar-refractivity contribution >= 4 is 17.3 Å². The Hall–Kier alpha value is -1.54. The van der Waals surface area contributed by atoms with E-state index in [0.717, 1.165) is 23.6 Å². The topological polar surface area (TPSA) is 24.9 Å². The first-order chi connectivity index (χ1) is 9.22. The van der Waals surface area contributed by atoms with Crippen LogP contribution in [-0.4, -0.2) is 11.0 Å². The van der Waals surface area contributed by atoms with E-state index in [1.807, 2.05) is 24.5 Å². The summed E-state index contributed by atoms with van der Waals surface area (Å²) in [6.45, 7) is 2.06. The standard InChI is InChI=1S/C16H17ClN2/c1-11-6-14(10-18-9-11)19-13-7-12(8-13)15-4-2-3-5-16(15)17/h2-6,9-10,12-13,19H,7-8H2,1H3. The van der Waals surface area contributed by atoms with Gasteiger partial charge < -0.3 is 5.32 Å². The summed E-state index contributed by atoms with van der Waals surface area (Å²) in [5, 5.41) is 4.42. The molecule has 3 heteroatoms. The number of benzene rings is 1. The van der Waals surface area contributed by atoms with Crippen LogP contribution in [0, 0.1) is 6.92 Å². The monoisotopic (exact) mass is 272 g/mol. The lowest BCUT2D eigenvalue weighted by atomic mass is 9.76. The second-order valence-corrected chi connectivity index (χ2v) is 5.69. The Morgan fingerprint density at radius 2 is 2.00 bits per heavy atom. The van der Waals surface area contributed by atoms with Gasteiger partial charge in [0.05, 0.1) is 5.69 Å². The summed E-state index contributed by atoms with van der Waals surface area (Å²) < 4.78 is 0. The van der Waals surface area contributed by atoms with Crippen molar-refractivity contribution in [3.63, 3.8) is 0 Å². The minimum Gasteiger partial charge on any atom is -0.381 e. The van der Waals surface area contributed by atoms with E-state index in [2.05, 4.69) is 35.4 Å². The highest BCUT2D eigenvalue weighted by Gasteiger charge is 2.31. The van der Waals surface area contributed by atoms with Crippen LogP contribution in [0.3, 0.4) is 0 Å². The highest BCUT2D eigenvalue weighted by Crippen LogP contribution is 2.41. The van der Waals surface area contributed by atoms with E-state index in [1.54, 1.807) is 0 Å². The van der Waals surface area contributed by atoms with Gasteiger partial charge in [0.2, 0.25) is 0 Å². The van der Waals surface area contributed by atoms with E-state index in [9.17, 15) is 0 Å². The first kappa shape index (κ1) is 12.5. The minimum absolute atomic E-state index is 0.532. The molecule has 0 atom stereocenters. The molecule has 0 spiro atoms. The molecular formula is C16H17ClN2. The maximum Gasteiger partial charge on any atom is 0.0531 e. The van der Waals surface area contributed by atoms with Crippen molar-refractivity contribution in [2.45, 2.75) is 31.7 Å². The maximum absolute atomic E-state index is 6.23.